The number of benzene rings is 1. The Morgan fingerprint density at radius 1 is 0.586 bits per heavy atom. The summed E-state index contributed by atoms with van der Waals surface area (Å²) in [5.41, 5.74) is 0. The van der Waals surface area contributed by atoms with Gasteiger partial charge in [-0.15, -0.1) is 34.0 Å². The number of unbranched alkanes of at least 4 members (excludes halogenated alkanes) is 11. The summed E-state index contributed by atoms with van der Waals surface area (Å²) in [4.78, 5) is 1.60. The molecule has 0 radical (unpaired) electrons. The molecule has 0 spiro atoms. The Morgan fingerprint density at radius 3 is 1.93 bits per heavy atom. The average molecular weight is 443 g/mol. The highest BCUT2D eigenvalue weighted by molar-refractivity contribution is 7.41. The van der Waals surface area contributed by atoms with Crippen LogP contribution in [0.4, 0.5) is 0 Å². The minimum absolute atomic E-state index is 1.27. The monoisotopic (exact) mass is 442 g/mol. The van der Waals surface area contributed by atoms with Gasteiger partial charge in [0.15, 0.2) is 0 Å². The first-order valence-electron chi connectivity index (χ1n) is 11.7. The van der Waals surface area contributed by atoms with E-state index in [1.807, 2.05) is 22.7 Å². The summed E-state index contributed by atoms with van der Waals surface area (Å²) in [5.74, 6) is 0. The Kier molecular flexibility index (Phi) is 8.04. The van der Waals surface area contributed by atoms with Crippen LogP contribution in [-0.4, -0.2) is 0 Å². The van der Waals surface area contributed by atoms with Crippen LogP contribution in [0.25, 0.3) is 28.9 Å². The first-order chi connectivity index (χ1) is 14.4. The van der Waals surface area contributed by atoms with E-state index in [1.54, 1.807) is 9.58 Å². The van der Waals surface area contributed by atoms with Crippen molar-refractivity contribution in [2.75, 3.05) is 0 Å². The van der Waals surface area contributed by atoms with Crippen molar-refractivity contribution >= 4 is 62.9 Å². The fraction of sp³-hybridized carbons (Fsp3) is 0.538. The van der Waals surface area contributed by atoms with Crippen molar-refractivity contribution in [1.29, 1.82) is 0 Å². The second kappa shape index (κ2) is 10.9. The molecular weight excluding hydrogens is 408 g/mol. The van der Waals surface area contributed by atoms with Crippen LogP contribution in [0.2, 0.25) is 0 Å². The molecule has 4 aromatic rings. The molecule has 3 heteroatoms. The molecule has 0 aliphatic heterocycles. The van der Waals surface area contributed by atoms with Gasteiger partial charge in [0.05, 0.1) is 14.1 Å². The van der Waals surface area contributed by atoms with Crippen LogP contribution in [0.15, 0.2) is 30.3 Å². The Hall–Kier alpha value is -0.900. The lowest BCUT2D eigenvalue weighted by Gasteiger charge is -2.02. The Bertz CT molecular complexity index is 1020. The van der Waals surface area contributed by atoms with E-state index in [0.717, 1.165) is 0 Å². The molecule has 0 atom stereocenters. The van der Waals surface area contributed by atoms with Gasteiger partial charge in [-0.25, -0.2) is 0 Å². The summed E-state index contributed by atoms with van der Waals surface area (Å²) in [5, 5.41) is 1.45. The van der Waals surface area contributed by atoms with Crippen LogP contribution < -0.4 is 0 Å². The third kappa shape index (κ3) is 5.42. The number of fused-ring (bicyclic) bond motifs is 5. The van der Waals surface area contributed by atoms with Crippen molar-refractivity contribution in [3.63, 3.8) is 0 Å². The lowest BCUT2D eigenvalue weighted by Crippen LogP contribution is -1.84. The highest BCUT2D eigenvalue weighted by Crippen LogP contribution is 2.47. The predicted octanol–water partition coefficient (Wildman–Crippen LogP) is 10.6. The lowest BCUT2D eigenvalue weighted by atomic mass is 10.0. The quantitative estimate of drug-likeness (QED) is 0.181. The van der Waals surface area contributed by atoms with Crippen molar-refractivity contribution in [2.24, 2.45) is 0 Å². The topological polar surface area (TPSA) is 0 Å². The minimum atomic E-state index is 1.27. The Labute approximate surface area is 188 Å². The molecule has 1 aromatic carbocycles. The number of rotatable bonds is 13. The molecule has 0 bridgehead atoms. The molecule has 0 N–H and O–H groups in total. The third-order valence-corrected chi connectivity index (χ3v) is 9.95. The second-order valence-corrected chi connectivity index (χ2v) is 11.6. The fourth-order valence-corrected chi connectivity index (χ4v) is 8.51. The van der Waals surface area contributed by atoms with Gasteiger partial charge in [-0.2, -0.15) is 0 Å². The van der Waals surface area contributed by atoms with Gasteiger partial charge in [0.1, 0.15) is 0 Å². The van der Waals surface area contributed by atoms with E-state index in [0.29, 0.717) is 0 Å². The molecule has 4 rings (SSSR count). The summed E-state index contributed by atoms with van der Waals surface area (Å²) < 4.78 is 7.52. The predicted molar refractivity (Wildman–Crippen MR) is 137 cm³/mol. The van der Waals surface area contributed by atoms with Crippen LogP contribution in [0.3, 0.4) is 0 Å². The largest absolute Gasteiger partial charge is 0.138 e. The molecule has 0 fully saturated rings. The molecule has 156 valence electrons. The molecule has 0 amide bonds. The fourth-order valence-electron chi connectivity index (χ4n) is 4.30. The van der Waals surface area contributed by atoms with Gasteiger partial charge in [0.25, 0.3) is 0 Å². The van der Waals surface area contributed by atoms with Gasteiger partial charge in [-0.3, -0.25) is 0 Å². The number of hydrogen-bond acceptors (Lipinski definition) is 3. The maximum Gasteiger partial charge on any atom is 0.0642 e. The van der Waals surface area contributed by atoms with Crippen LogP contribution in [-0.2, 0) is 6.42 Å². The van der Waals surface area contributed by atoms with Crippen molar-refractivity contribution in [1.82, 2.24) is 0 Å². The van der Waals surface area contributed by atoms with Crippen molar-refractivity contribution in [2.45, 2.75) is 90.4 Å². The SMILES string of the molecule is CCCCCCCCCCCCCCc1cc2sc3c4ccccc4sc3c2s1. The van der Waals surface area contributed by atoms with Gasteiger partial charge >= 0.3 is 0 Å². The minimum Gasteiger partial charge on any atom is -0.138 e. The van der Waals surface area contributed by atoms with E-state index < -0.39 is 0 Å². The van der Waals surface area contributed by atoms with Crippen LogP contribution in [0.5, 0.6) is 0 Å². The van der Waals surface area contributed by atoms with E-state index in [9.17, 15) is 0 Å². The normalized spacial score (nSPS) is 12.0. The van der Waals surface area contributed by atoms with Crippen LogP contribution in [0, 0.1) is 0 Å². The highest BCUT2D eigenvalue weighted by atomic mass is 32.1. The summed E-state index contributed by atoms with van der Waals surface area (Å²) >= 11 is 6.03. The molecule has 3 aromatic heterocycles. The number of thiophene rings is 3. The van der Waals surface area contributed by atoms with Gasteiger partial charge < -0.3 is 0 Å². The molecule has 0 unspecified atom stereocenters. The molecule has 29 heavy (non-hydrogen) atoms. The van der Waals surface area contributed by atoms with Gasteiger partial charge in [0.2, 0.25) is 0 Å². The summed E-state index contributed by atoms with van der Waals surface area (Å²) in [6, 6.07) is 11.3. The van der Waals surface area contributed by atoms with E-state index in [1.165, 1.54) is 108 Å². The van der Waals surface area contributed by atoms with Crippen molar-refractivity contribution < 1.29 is 0 Å². The zero-order valence-electron chi connectivity index (χ0n) is 17.8. The first kappa shape index (κ1) is 21.3. The highest BCUT2D eigenvalue weighted by Gasteiger charge is 2.14. The maximum atomic E-state index is 2.48. The van der Waals surface area contributed by atoms with E-state index in [4.69, 9.17) is 0 Å². The zero-order chi connectivity index (χ0) is 19.9. The van der Waals surface area contributed by atoms with Crippen molar-refractivity contribution in [3.05, 3.63) is 35.2 Å². The second-order valence-electron chi connectivity index (χ2n) is 8.40. The standard InChI is InChI=1S/C26H34S3/c1-2-3-4-5-6-7-8-9-10-11-12-13-16-20-19-23-25(27-20)26-24(29-23)21-17-14-15-18-22(21)28-26/h14-15,17-19H,2-13,16H2,1H3. The molecule has 0 aliphatic carbocycles. The smallest absolute Gasteiger partial charge is 0.0642 e. The first-order valence-corrected chi connectivity index (χ1v) is 14.1. The Balaban J connectivity index is 1.16. The molecule has 0 saturated heterocycles. The van der Waals surface area contributed by atoms with E-state index >= 15 is 0 Å². The number of hydrogen-bond donors (Lipinski definition) is 0. The Morgan fingerprint density at radius 2 is 1.21 bits per heavy atom. The average Bonchev–Trinajstić information content (AvgIpc) is 3.38. The van der Waals surface area contributed by atoms with Gasteiger partial charge in [-0.05, 0) is 25.0 Å². The van der Waals surface area contributed by atoms with E-state index in [-0.39, 0.29) is 0 Å². The number of aryl methyl sites for hydroxylation is 1. The lowest BCUT2D eigenvalue weighted by molar-refractivity contribution is 0.544. The van der Waals surface area contributed by atoms with Gasteiger partial charge in [0, 0.05) is 19.7 Å². The van der Waals surface area contributed by atoms with Crippen LogP contribution in [0.1, 0.15) is 88.9 Å². The summed E-state index contributed by atoms with van der Waals surface area (Å²) in [6.07, 6.45) is 18.4. The molecular formula is C26H34S3. The molecule has 0 saturated carbocycles. The zero-order valence-corrected chi connectivity index (χ0v) is 20.3. The molecule has 0 aliphatic rings. The van der Waals surface area contributed by atoms with Crippen molar-refractivity contribution in [3.8, 4) is 0 Å². The summed E-state index contributed by atoms with van der Waals surface area (Å²) in [7, 11) is 0. The third-order valence-electron chi connectivity index (χ3n) is 5.99. The van der Waals surface area contributed by atoms with Crippen LogP contribution >= 0.6 is 34.0 Å². The molecule has 3 heterocycles. The molecule has 0 nitrogen and oxygen atoms in total. The summed E-state index contributed by atoms with van der Waals surface area (Å²) in [6.45, 7) is 2.30. The van der Waals surface area contributed by atoms with Gasteiger partial charge in [-0.1, -0.05) is 95.8 Å². The van der Waals surface area contributed by atoms with E-state index in [2.05, 4.69) is 48.6 Å². The maximum absolute atomic E-state index is 2.48.